The highest BCUT2D eigenvalue weighted by Crippen LogP contribution is 2.28. The summed E-state index contributed by atoms with van der Waals surface area (Å²) in [6.45, 7) is 2.10. The van der Waals surface area contributed by atoms with Gasteiger partial charge in [-0.3, -0.25) is 14.5 Å². The summed E-state index contributed by atoms with van der Waals surface area (Å²) in [5, 5.41) is 2.71. The molecule has 170 valence electrons. The predicted octanol–water partition coefficient (Wildman–Crippen LogP) is 4.83. The summed E-state index contributed by atoms with van der Waals surface area (Å²) in [7, 11) is 0. The molecule has 1 atom stereocenters. The summed E-state index contributed by atoms with van der Waals surface area (Å²) in [6, 6.07) is 13.9. The van der Waals surface area contributed by atoms with Gasteiger partial charge < -0.3 is 4.74 Å². The molecule has 0 aliphatic carbocycles. The van der Waals surface area contributed by atoms with E-state index in [1.165, 1.54) is 16.9 Å². The molecule has 0 spiro atoms. The Morgan fingerprint density at radius 2 is 1.76 bits per heavy atom. The normalized spacial score (nSPS) is 13.8. The lowest BCUT2D eigenvalue weighted by atomic mass is 10.1. The number of fused-ring (bicyclic) bond motifs is 1. The fourth-order valence-electron chi connectivity index (χ4n) is 3.70. The number of hydrogen-bond acceptors (Lipinski definition) is 7. The number of aryl methyl sites for hydroxylation is 1. The van der Waals surface area contributed by atoms with E-state index in [9.17, 15) is 14.4 Å². The Morgan fingerprint density at radius 3 is 2.36 bits per heavy atom. The first kappa shape index (κ1) is 23.2. The number of esters is 1. The summed E-state index contributed by atoms with van der Waals surface area (Å²) in [5.41, 5.74) is 3.55. The minimum atomic E-state index is -0.968. The molecule has 0 N–H and O–H groups in total. The lowest BCUT2D eigenvalue weighted by Gasteiger charge is -2.24. The van der Waals surface area contributed by atoms with E-state index in [1.807, 2.05) is 23.8 Å². The zero-order valence-electron chi connectivity index (χ0n) is 18.4. The van der Waals surface area contributed by atoms with Crippen LogP contribution in [-0.4, -0.2) is 45.7 Å². The van der Waals surface area contributed by atoms with Crippen LogP contribution in [0.25, 0.3) is 10.6 Å². The smallest absolute Gasteiger partial charge is 0.329 e. The summed E-state index contributed by atoms with van der Waals surface area (Å²) in [6.07, 6.45) is 3.22. The number of thioether (sulfide) groups is 1. The predicted molar refractivity (Wildman–Crippen MR) is 130 cm³/mol. The fourth-order valence-corrected chi connectivity index (χ4v) is 4.97. The Labute approximate surface area is 201 Å². The zero-order valence-corrected chi connectivity index (χ0v) is 20.1. The molecular formula is C25H24N2O4S2. The van der Waals surface area contributed by atoms with E-state index in [2.05, 4.69) is 24.0 Å². The second kappa shape index (κ2) is 10.3. The molecule has 6 nitrogen and oxygen atoms in total. The van der Waals surface area contributed by atoms with E-state index in [0.29, 0.717) is 29.0 Å². The number of benzene rings is 2. The van der Waals surface area contributed by atoms with Crippen molar-refractivity contribution in [3.8, 4) is 10.6 Å². The van der Waals surface area contributed by atoms with Crippen LogP contribution in [0.1, 0.15) is 45.3 Å². The maximum Gasteiger partial charge on any atom is 0.329 e. The molecule has 8 heteroatoms. The second-order valence-electron chi connectivity index (χ2n) is 7.63. The van der Waals surface area contributed by atoms with Crippen molar-refractivity contribution in [2.24, 2.45) is 0 Å². The Kier molecular flexibility index (Phi) is 7.25. The number of rotatable bonds is 9. The lowest BCUT2D eigenvalue weighted by molar-refractivity contribution is -0.149. The van der Waals surface area contributed by atoms with E-state index in [4.69, 9.17) is 4.74 Å². The molecule has 3 aromatic rings. The summed E-state index contributed by atoms with van der Waals surface area (Å²) in [4.78, 5) is 44.4. The number of imide groups is 1. The van der Waals surface area contributed by atoms with Gasteiger partial charge in [0, 0.05) is 10.9 Å². The van der Waals surface area contributed by atoms with Crippen molar-refractivity contribution >= 4 is 40.9 Å². The van der Waals surface area contributed by atoms with Crippen molar-refractivity contribution in [1.29, 1.82) is 0 Å². The van der Waals surface area contributed by atoms with E-state index in [-0.39, 0.29) is 6.61 Å². The van der Waals surface area contributed by atoms with Gasteiger partial charge in [-0.2, -0.15) is 11.8 Å². The van der Waals surface area contributed by atoms with Crippen molar-refractivity contribution in [3.05, 3.63) is 76.3 Å². The van der Waals surface area contributed by atoms with Crippen LogP contribution in [0.5, 0.6) is 0 Å². The Balaban J connectivity index is 1.46. The molecule has 33 heavy (non-hydrogen) atoms. The van der Waals surface area contributed by atoms with E-state index < -0.39 is 23.8 Å². The molecule has 4 rings (SSSR count). The van der Waals surface area contributed by atoms with Gasteiger partial charge in [-0.25, -0.2) is 9.78 Å². The number of nitrogens with zero attached hydrogens (tertiary/aromatic N) is 2. The van der Waals surface area contributed by atoms with Gasteiger partial charge in [0.2, 0.25) is 0 Å². The Bertz CT molecular complexity index is 1140. The van der Waals surface area contributed by atoms with Crippen molar-refractivity contribution in [2.75, 3.05) is 12.0 Å². The third-order valence-corrected chi connectivity index (χ3v) is 7.11. The van der Waals surface area contributed by atoms with E-state index in [1.54, 1.807) is 36.0 Å². The van der Waals surface area contributed by atoms with Crippen LogP contribution < -0.4 is 0 Å². The van der Waals surface area contributed by atoms with Crippen molar-refractivity contribution in [2.45, 2.75) is 32.4 Å². The second-order valence-corrected chi connectivity index (χ2v) is 9.47. The maximum absolute atomic E-state index is 13.0. The van der Waals surface area contributed by atoms with Gasteiger partial charge >= 0.3 is 5.97 Å². The van der Waals surface area contributed by atoms with Gasteiger partial charge in [0.1, 0.15) is 17.7 Å². The van der Waals surface area contributed by atoms with Crippen LogP contribution in [0.2, 0.25) is 0 Å². The Morgan fingerprint density at radius 1 is 1.09 bits per heavy atom. The molecule has 1 aromatic heterocycles. The summed E-state index contributed by atoms with van der Waals surface area (Å²) >= 11 is 3.03. The molecule has 0 bridgehead atoms. The van der Waals surface area contributed by atoms with Gasteiger partial charge in [0.05, 0.1) is 16.8 Å². The molecule has 0 saturated carbocycles. The van der Waals surface area contributed by atoms with Crippen LogP contribution in [-0.2, 0) is 22.6 Å². The number of ether oxygens (including phenoxy) is 1. The third-order valence-electron chi connectivity index (χ3n) is 5.53. The maximum atomic E-state index is 13.0. The number of aromatic nitrogens is 1. The molecule has 0 radical (unpaired) electrons. The minimum absolute atomic E-state index is 0.0126. The molecule has 2 aromatic carbocycles. The van der Waals surface area contributed by atoms with Gasteiger partial charge in [-0.05, 0) is 42.5 Å². The van der Waals surface area contributed by atoms with Crippen molar-refractivity contribution in [3.63, 3.8) is 0 Å². The van der Waals surface area contributed by atoms with Gasteiger partial charge in [-0.15, -0.1) is 11.3 Å². The average molecular weight is 481 g/mol. The van der Waals surface area contributed by atoms with Gasteiger partial charge in [0.15, 0.2) is 0 Å². The van der Waals surface area contributed by atoms with E-state index in [0.717, 1.165) is 21.9 Å². The number of carbonyl (C=O) groups is 3. The number of thiazole rings is 1. The standard InChI is InChI=1S/C25H24N2O4S2/c1-3-16-8-10-17(11-9-16)22-26-18(15-33-22)14-31-25(30)21(12-13-32-2)27-23(28)19-6-4-5-7-20(19)24(27)29/h4-11,15,21H,3,12-14H2,1-2H3. The molecule has 1 unspecified atom stereocenters. The largest absolute Gasteiger partial charge is 0.458 e. The number of amides is 2. The number of carbonyl (C=O) groups excluding carboxylic acids is 3. The van der Waals surface area contributed by atoms with Crippen molar-refractivity contribution in [1.82, 2.24) is 9.88 Å². The zero-order chi connectivity index (χ0) is 23.4. The molecule has 1 aliphatic rings. The quantitative estimate of drug-likeness (QED) is 0.322. The average Bonchev–Trinajstić information content (AvgIpc) is 3.42. The highest BCUT2D eigenvalue weighted by atomic mass is 32.2. The first-order chi connectivity index (χ1) is 16.0. The van der Waals surface area contributed by atoms with Crippen LogP contribution in [0.3, 0.4) is 0 Å². The first-order valence-corrected chi connectivity index (χ1v) is 13.0. The molecule has 2 amide bonds. The van der Waals surface area contributed by atoms with Gasteiger partial charge in [0.25, 0.3) is 11.8 Å². The fraction of sp³-hybridized carbons (Fsp3) is 0.280. The van der Waals surface area contributed by atoms with Crippen LogP contribution in [0, 0.1) is 0 Å². The van der Waals surface area contributed by atoms with Crippen LogP contribution in [0.4, 0.5) is 0 Å². The summed E-state index contributed by atoms with van der Waals surface area (Å²) in [5.74, 6) is -0.891. The van der Waals surface area contributed by atoms with E-state index >= 15 is 0 Å². The first-order valence-electron chi connectivity index (χ1n) is 10.7. The highest BCUT2D eigenvalue weighted by molar-refractivity contribution is 7.98. The molecule has 0 saturated heterocycles. The SMILES string of the molecule is CCc1ccc(-c2nc(COC(=O)C(CCSC)N3C(=O)c4ccccc4C3=O)cs2)cc1. The molecular weight excluding hydrogens is 456 g/mol. The topological polar surface area (TPSA) is 76.6 Å². The monoisotopic (exact) mass is 480 g/mol. The molecule has 1 aliphatic heterocycles. The van der Waals surface area contributed by atoms with Crippen LogP contribution >= 0.6 is 23.1 Å². The molecule has 0 fully saturated rings. The third kappa shape index (κ3) is 4.86. The summed E-state index contributed by atoms with van der Waals surface area (Å²) < 4.78 is 5.53. The van der Waals surface area contributed by atoms with Crippen molar-refractivity contribution < 1.29 is 19.1 Å². The molecule has 2 heterocycles. The number of hydrogen-bond donors (Lipinski definition) is 0. The Hall–Kier alpha value is -2.97. The highest BCUT2D eigenvalue weighted by Gasteiger charge is 2.43. The van der Waals surface area contributed by atoms with Gasteiger partial charge in [-0.1, -0.05) is 43.3 Å². The lowest BCUT2D eigenvalue weighted by Crippen LogP contribution is -2.46. The minimum Gasteiger partial charge on any atom is -0.458 e. The van der Waals surface area contributed by atoms with Crippen LogP contribution in [0.15, 0.2) is 53.9 Å².